The lowest BCUT2D eigenvalue weighted by Crippen LogP contribution is -2.27. The van der Waals surface area contributed by atoms with Gasteiger partial charge in [0.15, 0.2) is 5.75 Å². The lowest BCUT2D eigenvalue weighted by Gasteiger charge is -2.24. The minimum absolute atomic E-state index is 0.0603. The highest BCUT2D eigenvalue weighted by atomic mass is 16.5. The Balaban J connectivity index is 2.15. The Kier molecular flexibility index (Phi) is 8.93. The van der Waals surface area contributed by atoms with Crippen molar-refractivity contribution in [2.75, 3.05) is 0 Å². The number of rotatable bonds is 10. The lowest BCUT2D eigenvalue weighted by atomic mass is 9.91. The van der Waals surface area contributed by atoms with E-state index in [1.54, 1.807) is 0 Å². The van der Waals surface area contributed by atoms with Gasteiger partial charge in [0.1, 0.15) is 6.61 Å². The van der Waals surface area contributed by atoms with Gasteiger partial charge in [-0.3, -0.25) is 9.78 Å². The zero-order chi connectivity index (χ0) is 25.6. The number of pyridine rings is 2. The Morgan fingerprint density at radius 2 is 1.63 bits per heavy atom. The molecule has 35 heavy (non-hydrogen) atoms. The van der Waals surface area contributed by atoms with Gasteiger partial charge in [-0.15, -0.1) is 0 Å². The van der Waals surface area contributed by atoms with Crippen LogP contribution >= 0.6 is 0 Å². The molecule has 0 radical (unpaired) electrons. The van der Waals surface area contributed by atoms with Crippen LogP contribution < -0.4 is 10.3 Å². The zero-order valence-electron chi connectivity index (χ0n) is 22.6. The van der Waals surface area contributed by atoms with Crippen molar-refractivity contribution in [1.29, 1.82) is 0 Å². The van der Waals surface area contributed by atoms with Crippen LogP contribution in [0.1, 0.15) is 71.7 Å². The Morgan fingerprint density at radius 3 is 2.26 bits per heavy atom. The molecule has 0 unspecified atom stereocenters. The average Bonchev–Trinajstić information content (AvgIpc) is 2.77. The van der Waals surface area contributed by atoms with Crippen molar-refractivity contribution < 1.29 is 4.74 Å². The van der Waals surface area contributed by atoms with Crippen LogP contribution in [0.15, 0.2) is 59.5 Å². The van der Waals surface area contributed by atoms with Crippen LogP contribution in [-0.4, -0.2) is 9.55 Å². The summed E-state index contributed by atoms with van der Waals surface area (Å²) in [6.45, 7) is 16.5. The summed E-state index contributed by atoms with van der Waals surface area (Å²) in [6, 6.07) is 16.2. The largest absolute Gasteiger partial charge is 0.483 e. The van der Waals surface area contributed by atoms with E-state index in [1.807, 2.05) is 53.2 Å². The Hall–Kier alpha value is -2.88. The summed E-state index contributed by atoms with van der Waals surface area (Å²) in [5.41, 5.74) is 5.38. The Labute approximate surface area is 211 Å². The molecule has 0 saturated heterocycles. The van der Waals surface area contributed by atoms with E-state index in [2.05, 4.69) is 59.5 Å². The monoisotopic (exact) mass is 474 g/mol. The van der Waals surface area contributed by atoms with Crippen molar-refractivity contribution in [3.05, 3.63) is 81.9 Å². The van der Waals surface area contributed by atoms with Gasteiger partial charge in [0.2, 0.25) is 0 Å². The van der Waals surface area contributed by atoms with Gasteiger partial charge in [-0.05, 0) is 65.8 Å². The number of benzene rings is 1. The van der Waals surface area contributed by atoms with Crippen molar-refractivity contribution >= 4 is 0 Å². The van der Waals surface area contributed by atoms with E-state index in [-0.39, 0.29) is 11.0 Å². The van der Waals surface area contributed by atoms with Crippen molar-refractivity contribution in [1.82, 2.24) is 9.55 Å². The van der Waals surface area contributed by atoms with Gasteiger partial charge >= 0.3 is 0 Å². The van der Waals surface area contributed by atoms with E-state index in [0.29, 0.717) is 30.7 Å². The number of nitrogens with zero attached hydrogens (tertiary/aromatic N) is 2. The smallest absolute Gasteiger partial charge is 0.293 e. The molecule has 0 aliphatic carbocycles. The van der Waals surface area contributed by atoms with Crippen molar-refractivity contribution in [2.24, 2.45) is 17.3 Å². The van der Waals surface area contributed by atoms with Crippen LogP contribution in [0.2, 0.25) is 0 Å². The molecule has 4 heteroatoms. The molecule has 0 amide bonds. The average molecular weight is 475 g/mol. The van der Waals surface area contributed by atoms with E-state index in [4.69, 9.17) is 4.74 Å². The molecule has 0 aliphatic rings. The summed E-state index contributed by atoms with van der Waals surface area (Å²) < 4.78 is 8.10. The SMILES string of the molecule is CC(C)Cc1cc(-c2c(CC(C)C)cc(OCc3ccccc3)c(=O)n2CCC(C)(C)C)ccn1. The van der Waals surface area contributed by atoms with Crippen LogP contribution in [-0.2, 0) is 26.0 Å². The summed E-state index contributed by atoms with van der Waals surface area (Å²) >= 11 is 0. The first-order chi connectivity index (χ1) is 16.5. The van der Waals surface area contributed by atoms with Gasteiger partial charge in [0.05, 0.1) is 5.69 Å². The number of aromatic nitrogens is 2. The first-order valence-corrected chi connectivity index (χ1v) is 12.9. The number of ether oxygens (including phenoxy) is 1. The highest BCUT2D eigenvalue weighted by molar-refractivity contribution is 5.65. The molecule has 2 heterocycles. The predicted molar refractivity (Wildman–Crippen MR) is 146 cm³/mol. The Morgan fingerprint density at radius 1 is 0.943 bits per heavy atom. The minimum atomic E-state index is -0.0603. The quantitative estimate of drug-likeness (QED) is 0.309. The van der Waals surface area contributed by atoms with E-state index in [9.17, 15) is 4.79 Å². The van der Waals surface area contributed by atoms with Gasteiger partial charge < -0.3 is 9.30 Å². The first-order valence-electron chi connectivity index (χ1n) is 12.9. The van der Waals surface area contributed by atoms with Crippen LogP contribution in [0.4, 0.5) is 0 Å². The first kappa shape index (κ1) is 26.7. The zero-order valence-corrected chi connectivity index (χ0v) is 22.6. The molecule has 2 aromatic heterocycles. The highest BCUT2D eigenvalue weighted by Crippen LogP contribution is 2.30. The fraction of sp³-hybridized carbons (Fsp3) is 0.484. The summed E-state index contributed by atoms with van der Waals surface area (Å²) in [7, 11) is 0. The summed E-state index contributed by atoms with van der Waals surface area (Å²) in [5, 5.41) is 0. The van der Waals surface area contributed by atoms with Gasteiger partial charge in [-0.25, -0.2) is 0 Å². The molecule has 0 spiro atoms. The second kappa shape index (κ2) is 11.7. The molecular weight excluding hydrogens is 432 g/mol. The maximum absolute atomic E-state index is 13.8. The fourth-order valence-corrected chi connectivity index (χ4v) is 4.29. The maximum Gasteiger partial charge on any atom is 0.293 e. The van der Waals surface area contributed by atoms with Crippen molar-refractivity contribution in [3.8, 4) is 17.0 Å². The molecule has 0 saturated carbocycles. The molecular formula is C31H42N2O2. The standard InChI is InChI=1S/C31H42N2O2/c1-22(2)17-26-20-28(35-21-24-11-9-8-10-12-24)30(34)33(16-14-31(5,6)7)29(26)25-13-15-32-27(19-25)18-23(3)4/h8-13,15,19-20,22-23H,14,16-18,21H2,1-7H3. The molecule has 0 bridgehead atoms. The van der Waals surface area contributed by atoms with Gasteiger partial charge in [-0.2, -0.15) is 0 Å². The molecule has 0 fully saturated rings. The second-order valence-electron chi connectivity index (χ2n) is 11.7. The van der Waals surface area contributed by atoms with Gasteiger partial charge in [-0.1, -0.05) is 78.8 Å². The molecule has 3 rings (SSSR count). The molecule has 4 nitrogen and oxygen atoms in total. The van der Waals surface area contributed by atoms with Gasteiger partial charge in [0.25, 0.3) is 5.56 Å². The van der Waals surface area contributed by atoms with Crippen LogP contribution in [0, 0.1) is 17.3 Å². The van der Waals surface area contributed by atoms with Crippen LogP contribution in [0.5, 0.6) is 5.75 Å². The molecule has 0 atom stereocenters. The summed E-state index contributed by atoms with van der Waals surface area (Å²) in [6.07, 6.45) is 4.56. The predicted octanol–water partition coefficient (Wildman–Crippen LogP) is 7.32. The topological polar surface area (TPSA) is 44.1 Å². The summed E-state index contributed by atoms with van der Waals surface area (Å²) in [4.78, 5) is 18.4. The normalized spacial score (nSPS) is 11.9. The fourth-order valence-electron chi connectivity index (χ4n) is 4.29. The van der Waals surface area contributed by atoms with E-state index in [0.717, 1.165) is 47.3 Å². The number of hydrogen-bond acceptors (Lipinski definition) is 3. The van der Waals surface area contributed by atoms with E-state index >= 15 is 0 Å². The molecule has 0 aliphatic heterocycles. The molecule has 1 aromatic carbocycles. The molecule has 3 aromatic rings. The van der Waals surface area contributed by atoms with Crippen molar-refractivity contribution in [2.45, 2.75) is 80.9 Å². The maximum atomic E-state index is 13.8. The number of hydrogen-bond donors (Lipinski definition) is 0. The third kappa shape index (κ3) is 7.81. The highest BCUT2D eigenvalue weighted by Gasteiger charge is 2.21. The lowest BCUT2D eigenvalue weighted by molar-refractivity contribution is 0.295. The van der Waals surface area contributed by atoms with Crippen LogP contribution in [0.3, 0.4) is 0 Å². The van der Waals surface area contributed by atoms with Gasteiger partial charge in [0, 0.05) is 24.0 Å². The molecule has 0 N–H and O–H groups in total. The van der Waals surface area contributed by atoms with Crippen LogP contribution in [0.25, 0.3) is 11.3 Å². The van der Waals surface area contributed by atoms with E-state index < -0.39 is 0 Å². The molecule has 188 valence electrons. The Bertz CT molecular complexity index is 1150. The third-order valence-electron chi connectivity index (χ3n) is 5.99. The summed E-state index contributed by atoms with van der Waals surface area (Å²) in [5.74, 6) is 1.39. The minimum Gasteiger partial charge on any atom is -0.483 e. The third-order valence-corrected chi connectivity index (χ3v) is 5.99. The van der Waals surface area contributed by atoms with Crippen molar-refractivity contribution in [3.63, 3.8) is 0 Å². The second-order valence-corrected chi connectivity index (χ2v) is 11.7. The van der Waals surface area contributed by atoms with E-state index in [1.165, 1.54) is 0 Å².